The third-order valence-corrected chi connectivity index (χ3v) is 5.41. The van der Waals surface area contributed by atoms with Crippen molar-refractivity contribution in [1.82, 2.24) is 4.57 Å². The SMILES string of the molecule is Clc1cc(Cl)c2ccn(C3CCOC4(CCC4)C3)c2c1. The molecule has 4 rings (SSSR count). The molecular formula is C16H17Cl2NO. The molecule has 1 aromatic carbocycles. The maximum atomic E-state index is 6.29. The average molecular weight is 310 g/mol. The second-order valence-corrected chi connectivity index (χ2v) is 6.92. The first-order chi connectivity index (χ1) is 9.67. The fourth-order valence-corrected chi connectivity index (χ4v) is 4.21. The van der Waals surface area contributed by atoms with E-state index in [9.17, 15) is 0 Å². The summed E-state index contributed by atoms with van der Waals surface area (Å²) >= 11 is 12.5. The van der Waals surface area contributed by atoms with E-state index in [4.69, 9.17) is 27.9 Å². The van der Waals surface area contributed by atoms with Crippen molar-refractivity contribution in [1.29, 1.82) is 0 Å². The highest BCUT2D eigenvalue weighted by molar-refractivity contribution is 6.38. The van der Waals surface area contributed by atoms with Crippen LogP contribution in [0.15, 0.2) is 24.4 Å². The standard InChI is InChI=1S/C16H17Cl2NO/c17-11-8-14(18)13-2-6-19(15(13)9-11)12-3-7-20-16(10-12)4-1-5-16/h2,6,8-9,12H,1,3-5,7,10H2. The van der Waals surface area contributed by atoms with E-state index in [1.807, 2.05) is 12.1 Å². The largest absolute Gasteiger partial charge is 0.375 e. The van der Waals surface area contributed by atoms with Gasteiger partial charge in [0.25, 0.3) is 0 Å². The number of hydrogen-bond acceptors (Lipinski definition) is 1. The maximum Gasteiger partial charge on any atom is 0.0702 e. The van der Waals surface area contributed by atoms with Gasteiger partial charge >= 0.3 is 0 Å². The molecule has 1 saturated heterocycles. The van der Waals surface area contributed by atoms with E-state index in [1.165, 1.54) is 19.3 Å². The lowest BCUT2D eigenvalue weighted by Crippen LogP contribution is -2.45. The smallest absolute Gasteiger partial charge is 0.0702 e. The molecule has 0 radical (unpaired) electrons. The summed E-state index contributed by atoms with van der Waals surface area (Å²) < 4.78 is 8.37. The number of benzene rings is 1. The number of aromatic nitrogens is 1. The van der Waals surface area contributed by atoms with Gasteiger partial charge in [-0.15, -0.1) is 0 Å². The predicted molar refractivity (Wildman–Crippen MR) is 82.8 cm³/mol. The van der Waals surface area contributed by atoms with Gasteiger partial charge in [0.15, 0.2) is 0 Å². The molecule has 106 valence electrons. The highest BCUT2D eigenvalue weighted by Gasteiger charge is 2.43. The molecule has 1 unspecified atom stereocenters. The highest BCUT2D eigenvalue weighted by atomic mass is 35.5. The Balaban J connectivity index is 1.74. The first-order valence-electron chi connectivity index (χ1n) is 7.26. The summed E-state index contributed by atoms with van der Waals surface area (Å²) in [6, 6.07) is 6.42. The Hall–Kier alpha value is -0.700. The van der Waals surface area contributed by atoms with Crippen molar-refractivity contribution in [3.8, 4) is 0 Å². The monoisotopic (exact) mass is 309 g/mol. The van der Waals surface area contributed by atoms with Gasteiger partial charge in [-0.05, 0) is 50.3 Å². The van der Waals surface area contributed by atoms with Gasteiger partial charge in [0.05, 0.1) is 16.1 Å². The number of hydrogen-bond donors (Lipinski definition) is 0. The van der Waals surface area contributed by atoms with Crippen LogP contribution in [0.5, 0.6) is 0 Å². The summed E-state index contributed by atoms with van der Waals surface area (Å²) in [6.45, 7) is 0.860. The number of ether oxygens (including phenoxy) is 1. The summed E-state index contributed by atoms with van der Waals surface area (Å²) in [5.74, 6) is 0. The zero-order valence-corrected chi connectivity index (χ0v) is 12.8. The van der Waals surface area contributed by atoms with Crippen LogP contribution in [0.1, 0.15) is 38.1 Å². The van der Waals surface area contributed by atoms with E-state index < -0.39 is 0 Å². The summed E-state index contributed by atoms with van der Waals surface area (Å²) in [4.78, 5) is 0. The fraction of sp³-hybridized carbons (Fsp3) is 0.500. The molecule has 2 heterocycles. The summed E-state index contributed by atoms with van der Waals surface area (Å²) in [5, 5.41) is 2.52. The van der Waals surface area contributed by atoms with Gasteiger partial charge in [-0.25, -0.2) is 0 Å². The van der Waals surface area contributed by atoms with Gasteiger partial charge in [0.1, 0.15) is 0 Å². The molecule has 2 fully saturated rings. The third kappa shape index (κ3) is 1.97. The number of halogens is 2. The minimum atomic E-state index is 0.155. The Morgan fingerprint density at radius 1 is 1.25 bits per heavy atom. The minimum absolute atomic E-state index is 0.155. The molecule has 2 aromatic rings. The molecule has 4 heteroatoms. The van der Waals surface area contributed by atoms with E-state index in [2.05, 4.69) is 16.8 Å². The van der Waals surface area contributed by atoms with E-state index >= 15 is 0 Å². The molecule has 1 spiro atoms. The first kappa shape index (κ1) is 13.0. The topological polar surface area (TPSA) is 14.2 Å². The van der Waals surface area contributed by atoms with Crippen LogP contribution in [0.2, 0.25) is 10.0 Å². The van der Waals surface area contributed by atoms with Gasteiger partial charge in [0, 0.05) is 29.3 Å². The van der Waals surface area contributed by atoms with E-state index in [-0.39, 0.29) is 5.60 Å². The average Bonchev–Trinajstić information content (AvgIpc) is 2.81. The van der Waals surface area contributed by atoms with Gasteiger partial charge in [-0.2, -0.15) is 0 Å². The van der Waals surface area contributed by atoms with Crippen LogP contribution in [-0.4, -0.2) is 16.8 Å². The van der Waals surface area contributed by atoms with Crippen molar-refractivity contribution < 1.29 is 4.74 Å². The lowest BCUT2D eigenvalue weighted by atomic mass is 9.74. The van der Waals surface area contributed by atoms with Crippen molar-refractivity contribution in [2.24, 2.45) is 0 Å². The Labute approximate surface area is 128 Å². The Kier molecular flexibility index (Phi) is 3.03. The molecule has 1 atom stereocenters. The number of nitrogens with zero attached hydrogens (tertiary/aromatic N) is 1. The predicted octanol–water partition coefficient (Wildman–Crippen LogP) is 5.22. The van der Waals surface area contributed by atoms with Crippen LogP contribution in [0, 0.1) is 0 Å². The second-order valence-electron chi connectivity index (χ2n) is 6.08. The number of rotatable bonds is 1. The molecular weight excluding hydrogens is 293 g/mol. The Morgan fingerprint density at radius 3 is 2.85 bits per heavy atom. The van der Waals surface area contributed by atoms with Crippen molar-refractivity contribution in [2.45, 2.75) is 43.7 Å². The van der Waals surface area contributed by atoms with E-state index in [1.54, 1.807) is 0 Å². The second kappa shape index (κ2) is 4.66. The minimum Gasteiger partial charge on any atom is -0.375 e. The first-order valence-corrected chi connectivity index (χ1v) is 8.02. The van der Waals surface area contributed by atoms with Gasteiger partial charge in [-0.1, -0.05) is 23.2 Å². The van der Waals surface area contributed by atoms with Crippen molar-refractivity contribution in [2.75, 3.05) is 6.61 Å². The fourth-order valence-electron chi connectivity index (χ4n) is 3.66. The lowest BCUT2D eigenvalue weighted by molar-refractivity contribution is -0.140. The molecule has 20 heavy (non-hydrogen) atoms. The molecule has 0 N–H and O–H groups in total. The molecule has 2 aliphatic rings. The molecule has 1 saturated carbocycles. The van der Waals surface area contributed by atoms with Gasteiger partial charge in [-0.3, -0.25) is 0 Å². The zero-order valence-electron chi connectivity index (χ0n) is 11.2. The Morgan fingerprint density at radius 2 is 2.10 bits per heavy atom. The molecule has 0 bridgehead atoms. The van der Waals surface area contributed by atoms with Crippen molar-refractivity contribution in [3.05, 3.63) is 34.4 Å². The summed E-state index contributed by atoms with van der Waals surface area (Å²) in [5.41, 5.74) is 1.30. The Bertz CT molecular complexity index is 660. The molecule has 1 aliphatic heterocycles. The molecule has 1 aromatic heterocycles. The highest BCUT2D eigenvalue weighted by Crippen LogP contribution is 2.46. The maximum absolute atomic E-state index is 6.29. The normalized spacial score (nSPS) is 25.0. The summed E-state index contributed by atoms with van der Waals surface area (Å²) in [6.07, 6.45) is 8.05. The van der Waals surface area contributed by atoms with Crippen molar-refractivity contribution in [3.63, 3.8) is 0 Å². The lowest BCUT2D eigenvalue weighted by Gasteiger charge is -2.47. The van der Waals surface area contributed by atoms with Crippen LogP contribution in [0.3, 0.4) is 0 Å². The van der Waals surface area contributed by atoms with Gasteiger partial charge < -0.3 is 9.30 Å². The van der Waals surface area contributed by atoms with Crippen LogP contribution in [0.4, 0.5) is 0 Å². The van der Waals surface area contributed by atoms with E-state index in [0.717, 1.165) is 35.4 Å². The van der Waals surface area contributed by atoms with Gasteiger partial charge in [0.2, 0.25) is 0 Å². The zero-order chi connectivity index (χ0) is 13.7. The third-order valence-electron chi connectivity index (χ3n) is 4.88. The van der Waals surface area contributed by atoms with Crippen LogP contribution >= 0.6 is 23.2 Å². The molecule has 0 amide bonds. The number of fused-ring (bicyclic) bond motifs is 1. The quantitative estimate of drug-likeness (QED) is 0.704. The van der Waals surface area contributed by atoms with Crippen LogP contribution in [0.25, 0.3) is 10.9 Å². The van der Waals surface area contributed by atoms with Crippen molar-refractivity contribution >= 4 is 34.1 Å². The van der Waals surface area contributed by atoms with E-state index in [0.29, 0.717) is 11.1 Å². The molecule has 1 aliphatic carbocycles. The summed E-state index contributed by atoms with van der Waals surface area (Å²) in [7, 11) is 0. The van der Waals surface area contributed by atoms with Crippen LogP contribution in [-0.2, 0) is 4.74 Å². The van der Waals surface area contributed by atoms with Crippen LogP contribution < -0.4 is 0 Å². The molecule has 2 nitrogen and oxygen atoms in total.